The Kier molecular flexibility index (Phi) is 5.42. The van der Waals surface area contributed by atoms with Gasteiger partial charge in [0.2, 0.25) is 5.91 Å². The van der Waals surface area contributed by atoms with Gasteiger partial charge in [-0.2, -0.15) is 0 Å². The molecule has 2 aliphatic rings. The molecule has 0 bridgehead atoms. The Morgan fingerprint density at radius 2 is 1.90 bits per heavy atom. The fourth-order valence-electron chi connectivity index (χ4n) is 3.74. The Morgan fingerprint density at radius 3 is 2.48 bits per heavy atom. The second kappa shape index (κ2) is 8.14. The molecule has 2 fully saturated rings. The third kappa shape index (κ3) is 4.21. The van der Waals surface area contributed by atoms with Crippen LogP contribution >= 0.6 is 0 Å². The first kappa shape index (κ1) is 19.3. The van der Waals surface area contributed by atoms with E-state index >= 15 is 0 Å². The highest BCUT2D eigenvalue weighted by Crippen LogP contribution is 2.33. The number of ether oxygens (including phenoxy) is 1. The topological polar surface area (TPSA) is 105 Å². The average Bonchev–Trinajstić information content (AvgIpc) is 3.51. The summed E-state index contributed by atoms with van der Waals surface area (Å²) in [5.41, 5.74) is 0.646. The van der Waals surface area contributed by atoms with Crippen molar-refractivity contribution < 1.29 is 24.0 Å². The molecular weight excluding hydrogens is 374 g/mol. The zero-order valence-corrected chi connectivity index (χ0v) is 16.4. The molecule has 1 saturated carbocycles. The Labute approximate surface area is 168 Å². The molecule has 8 nitrogen and oxygen atoms in total. The van der Waals surface area contributed by atoms with Gasteiger partial charge in [0.25, 0.3) is 0 Å². The van der Waals surface area contributed by atoms with Crippen molar-refractivity contribution in [3.63, 3.8) is 0 Å². The van der Waals surface area contributed by atoms with Gasteiger partial charge in [0.1, 0.15) is 5.75 Å². The summed E-state index contributed by atoms with van der Waals surface area (Å²) in [5.74, 6) is 0.951. The van der Waals surface area contributed by atoms with Gasteiger partial charge >= 0.3 is 5.97 Å². The molecule has 1 amide bonds. The van der Waals surface area contributed by atoms with E-state index in [1.165, 1.54) is 0 Å². The zero-order valence-electron chi connectivity index (χ0n) is 16.4. The van der Waals surface area contributed by atoms with Crippen molar-refractivity contribution in [2.24, 2.45) is 11.8 Å². The Balaban J connectivity index is 1.39. The highest BCUT2D eigenvalue weighted by molar-refractivity contribution is 5.99. The van der Waals surface area contributed by atoms with Crippen molar-refractivity contribution in [1.29, 1.82) is 0 Å². The number of hydrogen-bond acceptors (Lipinski definition) is 6. The third-order valence-electron chi connectivity index (χ3n) is 5.67. The van der Waals surface area contributed by atoms with Gasteiger partial charge in [-0.1, -0.05) is 5.16 Å². The van der Waals surface area contributed by atoms with Crippen LogP contribution in [0.1, 0.15) is 36.0 Å². The van der Waals surface area contributed by atoms with Crippen LogP contribution in [0.5, 0.6) is 5.75 Å². The summed E-state index contributed by atoms with van der Waals surface area (Å²) in [6, 6.07) is 6.96. The van der Waals surface area contributed by atoms with Gasteiger partial charge in [0.05, 0.1) is 7.11 Å². The van der Waals surface area contributed by atoms with E-state index in [0.29, 0.717) is 29.7 Å². The van der Waals surface area contributed by atoms with Crippen LogP contribution in [0.3, 0.4) is 0 Å². The summed E-state index contributed by atoms with van der Waals surface area (Å²) < 4.78 is 10.5. The molecule has 1 saturated heterocycles. The van der Waals surface area contributed by atoms with E-state index in [2.05, 4.69) is 10.5 Å². The number of carbonyl (C=O) groups excluding carboxylic acids is 1. The molecule has 1 aliphatic carbocycles. The predicted octanol–water partition coefficient (Wildman–Crippen LogP) is 3.11. The third-order valence-corrected chi connectivity index (χ3v) is 5.67. The minimum absolute atomic E-state index is 0.0245. The standard InChI is InChI=1S/C21H25N3O5/c1-28-16-6-4-14(5-7-16)18-17(21(26)27)19(23-29-18)22-12-13-8-10-24(11-9-13)20(25)15-2-3-15/h4-7,13,15H,2-3,8-12H2,1H3,(H,22,23)(H,26,27). The van der Waals surface area contributed by atoms with E-state index in [1.54, 1.807) is 31.4 Å². The number of nitrogens with zero attached hydrogens (tertiary/aromatic N) is 2. The van der Waals surface area contributed by atoms with Gasteiger partial charge < -0.3 is 24.6 Å². The SMILES string of the molecule is COc1ccc(-c2onc(NCC3CCN(C(=O)C4CC4)CC3)c2C(=O)O)cc1. The number of benzene rings is 1. The van der Waals surface area contributed by atoms with Gasteiger partial charge in [-0.3, -0.25) is 4.79 Å². The maximum atomic E-state index is 12.2. The lowest BCUT2D eigenvalue weighted by molar-refractivity contribution is -0.133. The molecule has 1 aliphatic heterocycles. The smallest absolute Gasteiger partial charge is 0.343 e. The molecule has 0 unspecified atom stereocenters. The summed E-state index contributed by atoms with van der Waals surface area (Å²) in [6.07, 6.45) is 3.86. The highest BCUT2D eigenvalue weighted by atomic mass is 16.5. The van der Waals surface area contributed by atoms with Gasteiger partial charge in [0, 0.05) is 31.1 Å². The largest absolute Gasteiger partial charge is 0.497 e. The minimum atomic E-state index is -1.09. The fourth-order valence-corrected chi connectivity index (χ4v) is 3.74. The molecule has 2 aromatic rings. The van der Waals surface area contributed by atoms with Crippen LogP contribution in [0.2, 0.25) is 0 Å². The molecule has 1 aromatic heterocycles. The van der Waals surface area contributed by atoms with Crippen molar-refractivity contribution in [2.45, 2.75) is 25.7 Å². The number of carbonyl (C=O) groups is 2. The number of piperidine rings is 1. The summed E-state index contributed by atoms with van der Waals surface area (Å²) in [6.45, 7) is 2.13. The minimum Gasteiger partial charge on any atom is -0.497 e. The number of methoxy groups -OCH3 is 1. The molecule has 4 rings (SSSR count). The Hall–Kier alpha value is -3.03. The van der Waals surface area contributed by atoms with Crippen LogP contribution < -0.4 is 10.1 Å². The molecule has 2 N–H and O–H groups in total. The summed E-state index contributed by atoms with van der Waals surface area (Å²) in [7, 11) is 1.57. The highest BCUT2D eigenvalue weighted by Gasteiger charge is 2.35. The predicted molar refractivity (Wildman–Crippen MR) is 106 cm³/mol. The number of carboxylic acids is 1. The van der Waals surface area contributed by atoms with Crippen molar-refractivity contribution in [1.82, 2.24) is 10.1 Å². The number of likely N-dealkylation sites (tertiary alicyclic amines) is 1. The lowest BCUT2D eigenvalue weighted by atomic mass is 9.96. The van der Waals surface area contributed by atoms with Crippen molar-refractivity contribution in [3.05, 3.63) is 29.8 Å². The lowest BCUT2D eigenvalue weighted by Gasteiger charge is -2.32. The number of hydrogen-bond donors (Lipinski definition) is 2. The monoisotopic (exact) mass is 399 g/mol. The molecule has 2 heterocycles. The van der Waals surface area contributed by atoms with Crippen molar-refractivity contribution >= 4 is 17.7 Å². The van der Waals surface area contributed by atoms with Crippen molar-refractivity contribution in [2.75, 3.05) is 32.1 Å². The summed E-state index contributed by atoms with van der Waals surface area (Å²) in [4.78, 5) is 26.0. The average molecular weight is 399 g/mol. The quantitative estimate of drug-likeness (QED) is 0.737. The molecule has 0 radical (unpaired) electrons. The Bertz CT molecular complexity index is 880. The van der Waals surface area contributed by atoms with E-state index in [1.807, 2.05) is 4.90 Å². The molecule has 8 heteroatoms. The van der Waals surface area contributed by atoms with E-state index < -0.39 is 5.97 Å². The lowest BCUT2D eigenvalue weighted by Crippen LogP contribution is -2.40. The first-order valence-electron chi connectivity index (χ1n) is 9.97. The molecular formula is C21H25N3O5. The van der Waals surface area contributed by atoms with E-state index in [-0.39, 0.29) is 23.1 Å². The number of amides is 1. The van der Waals surface area contributed by atoms with Gasteiger partial charge in [0.15, 0.2) is 17.1 Å². The van der Waals surface area contributed by atoms with Gasteiger partial charge in [-0.25, -0.2) is 4.79 Å². The van der Waals surface area contributed by atoms with E-state index in [0.717, 1.165) is 38.8 Å². The molecule has 29 heavy (non-hydrogen) atoms. The van der Waals surface area contributed by atoms with Crippen molar-refractivity contribution in [3.8, 4) is 17.1 Å². The normalized spacial score (nSPS) is 17.2. The second-order valence-electron chi connectivity index (χ2n) is 7.69. The number of aromatic carboxylic acids is 1. The summed E-state index contributed by atoms with van der Waals surface area (Å²) >= 11 is 0. The van der Waals surface area contributed by atoms with Crippen LogP contribution in [0.15, 0.2) is 28.8 Å². The number of nitrogens with one attached hydrogen (secondary N) is 1. The first-order valence-corrected chi connectivity index (χ1v) is 9.97. The number of carboxylic acid groups (broad SMARTS) is 1. The van der Waals surface area contributed by atoms with Gasteiger partial charge in [-0.15, -0.1) is 0 Å². The van der Waals surface area contributed by atoms with Crippen LogP contribution in [-0.4, -0.2) is 53.8 Å². The summed E-state index contributed by atoms with van der Waals surface area (Å²) in [5, 5.41) is 16.8. The molecule has 0 atom stereocenters. The van der Waals surface area contributed by atoms with Crippen LogP contribution in [0, 0.1) is 11.8 Å². The molecule has 154 valence electrons. The van der Waals surface area contributed by atoms with Gasteiger partial charge in [-0.05, 0) is 55.9 Å². The number of anilines is 1. The van der Waals surface area contributed by atoms with E-state index in [4.69, 9.17) is 9.26 Å². The fraction of sp³-hybridized carbons (Fsp3) is 0.476. The number of aromatic nitrogens is 1. The van der Waals surface area contributed by atoms with E-state index in [9.17, 15) is 14.7 Å². The zero-order chi connectivity index (χ0) is 20.4. The maximum absolute atomic E-state index is 12.2. The molecule has 1 aromatic carbocycles. The van der Waals surface area contributed by atoms with Crippen LogP contribution in [0.25, 0.3) is 11.3 Å². The second-order valence-corrected chi connectivity index (χ2v) is 7.69. The number of rotatable bonds is 7. The van der Waals surface area contributed by atoms with Crippen LogP contribution in [0.4, 0.5) is 5.82 Å². The van der Waals surface area contributed by atoms with Crippen LogP contribution in [-0.2, 0) is 4.79 Å². The molecule has 0 spiro atoms. The maximum Gasteiger partial charge on any atom is 0.343 e. The first-order chi connectivity index (χ1) is 14.1. The Morgan fingerprint density at radius 1 is 1.21 bits per heavy atom.